The van der Waals surface area contributed by atoms with Gasteiger partial charge in [0, 0.05) is 24.1 Å². The second kappa shape index (κ2) is 6.17. The van der Waals surface area contributed by atoms with Crippen LogP contribution in [0.1, 0.15) is 12.0 Å². The predicted molar refractivity (Wildman–Crippen MR) is 72.7 cm³/mol. The van der Waals surface area contributed by atoms with E-state index in [0.717, 1.165) is 12.1 Å². The minimum Gasteiger partial charge on any atom is -0.490 e. The molecule has 0 N–H and O–H groups in total. The van der Waals surface area contributed by atoms with E-state index in [1.54, 1.807) is 0 Å². The van der Waals surface area contributed by atoms with E-state index in [0.29, 0.717) is 12.2 Å². The summed E-state index contributed by atoms with van der Waals surface area (Å²) in [5, 5.41) is 0. The second-order valence-corrected chi connectivity index (χ2v) is 4.81. The summed E-state index contributed by atoms with van der Waals surface area (Å²) < 4.78 is 56.8. The molecule has 22 heavy (non-hydrogen) atoms. The lowest BCUT2D eigenvalue weighted by atomic mass is 10.2. The lowest BCUT2D eigenvalue weighted by Gasteiger charge is -2.13. The van der Waals surface area contributed by atoms with Gasteiger partial charge in [-0.05, 0) is 18.2 Å². The average molecular weight is 310 g/mol. The Kier molecular flexibility index (Phi) is 4.09. The summed E-state index contributed by atoms with van der Waals surface area (Å²) in [4.78, 5) is 0. The maximum Gasteiger partial charge on any atom is 0.168 e. The van der Waals surface area contributed by atoms with Crippen LogP contribution < -0.4 is 14.2 Å². The van der Waals surface area contributed by atoms with Crippen molar-refractivity contribution in [1.29, 1.82) is 0 Å². The summed E-state index contributed by atoms with van der Waals surface area (Å²) in [5.41, 5.74) is 0.245. The van der Waals surface area contributed by atoms with Crippen LogP contribution in [0, 0.1) is 17.5 Å². The zero-order valence-electron chi connectivity index (χ0n) is 11.6. The fourth-order valence-corrected chi connectivity index (χ4v) is 2.17. The van der Waals surface area contributed by atoms with Crippen LogP contribution in [0.2, 0.25) is 0 Å². The molecule has 2 aromatic rings. The van der Waals surface area contributed by atoms with E-state index in [1.807, 2.05) is 0 Å². The Labute approximate surface area is 125 Å². The van der Waals surface area contributed by atoms with Crippen LogP contribution in [-0.2, 0) is 6.61 Å². The van der Waals surface area contributed by atoms with Crippen molar-refractivity contribution in [2.24, 2.45) is 0 Å². The molecule has 2 aromatic carbocycles. The van der Waals surface area contributed by atoms with E-state index in [2.05, 4.69) is 0 Å². The van der Waals surface area contributed by atoms with Crippen molar-refractivity contribution in [1.82, 2.24) is 0 Å². The summed E-state index contributed by atoms with van der Waals surface area (Å²) in [6.07, 6.45) is 0.464. The van der Waals surface area contributed by atoms with Crippen LogP contribution >= 0.6 is 0 Å². The Hall–Kier alpha value is -2.37. The first-order valence-corrected chi connectivity index (χ1v) is 6.79. The fraction of sp³-hybridized carbons (Fsp3) is 0.250. The quantitative estimate of drug-likeness (QED) is 0.740. The Morgan fingerprint density at radius 2 is 1.59 bits per heavy atom. The topological polar surface area (TPSA) is 27.7 Å². The number of rotatable bonds is 0. The Morgan fingerprint density at radius 3 is 2.45 bits per heavy atom. The summed E-state index contributed by atoms with van der Waals surface area (Å²) in [7, 11) is 0. The molecule has 3 rings (SSSR count). The number of fused-ring (bicyclic) bond motifs is 2. The van der Waals surface area contributed by atoms with Crippen LogP contribution in [0.5, 0.6) is 17.2 Å². The van der Waals surface area contributed by atoms with Crippen molar-refractivity contribution < 1.29 is 27.4 Å². The van der Waals surface area contributed by atoms with Crippen LogP contribution in [0.25, 0.3) is 0 Å². The number of hydrogen-bond donors (Lipinski definition) is 0. The van der Waals surface area contributed by atoms with Gasteiger partial charge >= 0.3 is 0 Å². The molecule has 0 fully saturated rings. The highest BCUT2D eigenvalue weighted by Gasteiger charge is 2.16. The SMILES string of the molecule is Fc1cc(F)c2c(c1)COc1ccc(F)cc1OCCCO2. The molecule has 116 valence electrons. The minimum atomic E-state index is -0.780. The third-order valence-electron chi connectivity index (χ3n) is 3.17. The highest BCUT2D eigenvalue weighted by Crippen LogP contribution is 2.32. The van der Waals surface area contributed by atoms with E-state index in [1.165, 1.54) is 18.2 Å². The number of ether oxygens (including phenoxy) is 3. The fourth-order valence-electron chi connectivity index (χ4n) is 2.17. The molecule has 0 amide bonds. The van der Waals surface area contributed by atoms with Gasteiger partial charge in [0.05, 0.1) is 13.2 Å². The normalized spacial score (nSPS) is 14.5. The largest absolute Gasteiger partial charge is 0.490 e. The zero-order chi connectivity index (χ0) is 15.5. The Morgan fingerprint density at radius 1 is 0.773 bits per heavy atom. The smallest absolute Gasteiger partial charge is 0.168 e. The van der Waals surface area contributed by atoms with E-state index >= 15 is 0 Å². The standard InChI is InChI=1S/C16H13F3O3/c17-11-2-3-14-15(8-11)20-4-1-5-21-16-10(9-22-14)6-12(18)7-13(16)19/h2-3,6-8H,1,4-5,9H2. The van der Waals surface area contributed by atoms with Crippen molar-refractivity contribution in [3.63, 3.8) is 0 Å². The molecule has 0 aromatic heterocycles. The average Bonchev–Trinajstić information content (AvgIpc) is 2.50. The third-order valence-corrected chi connectivity index (χ3v) is 3.17. The lowest BCUT2D eigenvalue weighted by molar-refractivity contribution is 0.238. The molecule has 0 saturated carbocycles. The van der Waals surface area contributed by atoms with Crippen molar-refractivity contribution in [2.75, 3.05) is 13.2 Å². The number of hydrogen-bond acceptors (Lipinski definition) is 3. The molecule has 1 heterocycles. The van der Waals surface area contributed by atoms with Crippen LogP contribution in [0.4, 0.5) is 13.2 Å². The van der Waals surface area contributed by atoms with Crippen molar-refractivity contribution in [3.05, 3.63) is 53.3 Å². The first kappa shape index (κ1) is 14.6. The van der Waals surface area contributed by atoms with E-state index in [9.17, 15) is 13.2 Å². The minimum absolute atomic E-state index is 0.0352. The van der Waals surface area contributed by atoms with Gasteiger partial charge in [-0.1, -0.05) is 0 Å². The van der Waals surface area contributed by atoms with Crippen LogP contribution in [0.3, 0.4) is 0 Å². The van der Waals surface area contributed by atoms with Gasteiger partial charge in [0.2, 0.25) is 0 Å². The van der Waals surface area contributed by atoms with Gasteiger partial charge < -0.3 is 14.2 Å². The van der Waals surface area contributed by atoms with E-state index in [4.69, 9.17) is 14.2 Å². The molecule has 1 aliphatic rings. The highest BCUT2D eigenvalue weighted by atomic mass is 19.1. The third kappa shape index (κ3) is 3.10. The predicted octanol–water partition coefficient (Wildman–Crippen LogP) is 3.84. The molecular formula is C16H13F3O3. The second-order valence-electron chi connectivity index (χ2n) is 4.81. The van der Waals surface area contributed by atoms with Gasteiger partial charge in [0.1, 0.15) is 18.2 Å². The lowest BCUT2D eigenvalue weighted by Crippen LogP contribution is -2.07. The molecule has 0 radical (unpaired) electrons. The summed E-state index contributed by atoms with van der Waals surface area (Å²) in [6.45, 7) is 0.337. The number of benzene rings is 2. The molecule has 0 unspecified atom stereocenters. The highest BCUT2D eigenvalue weighted by molar-refractivity contribution is 5.41. The molecule has 0 saturated heterocycles. The van der Waals surface area contributed by atoms with Gasteiger partial charge in [-0.25, -0.2) is 13.2 Å². The summed E-state index contributed by atoms with van der Waals surface area (Å²) >= 11 is 0. The van der Waals surface area contributed by atoms with Gasteiger partial charge in [-0.15, -0.1) is 0 Å². The van der Waals surface area contributed by atoms with Crippen molar-refractivity contribution in [2.45, 2.75) is 13.0 Å². The van der Waals surface area contributed by atoms with Gasteiger partial charge in [-0.2, -0.15) is 0 Å². The molecular weight excluding hydrogens is 297 g/mol. The van der Waals surface area contributed by atoms with Crippen molar-refractivity contribution >= 4 is 0 Å². The van der Waals surface area contributed by atoms with E-state index in [-0.39, 0.29) is 36.9 Å². The van der Waals surface area contributed by atoms with E-state index < -0.39 is 17.5 Å². The molecule has 1 aliphatic heterocycles. The van der Waals surface area contributed by atoms with Gasteiger partial charge in [0.25, 0.3) is 0 Å². The van der Waals surface area contributed by atoms with Crippen LogP contribution in [0.15, 0.2) is 30.3 Å². The summed E-state index contributed by atoms with van der Waals surface area (Å²) in [5.74, 6) is -1.43. The molecule has 0 aliphatic carbocycles. The van der Waals surface area contributed by atoms with Crippen molar-refractivity contribution in [3.8, 4) is 17.2 Å². The molecule has 3 nitrogen and oxygen atoms in total. The maximum absolute atomic E-state index is 13.8. The molecule has 0 bridgehead atoms. The van der Waals surface area contributed by atoms with Crippen LogP contribution in [-0.4, -0.2) is 13.2 Å². The monoisotopic (exact) mass is 310 g/mol. The first-order chi connectivity index (χ1) is 10.6. The first-order valence-electron chi connectivity index (χ1n) is 6.79. The van der Waals surface area contributed by atoms with Gasteiger partial charge in [0.15, 0.2) is 23.1 Å². The Bertz CT molecular complexity index is 689. The molecule has 6 heteroatoms. The summed E-state index contributed by atoms with van der Waals surface area (Å²) in [6, 6.07) is 5.77. The molecule has 0 spiro atoms. The maximum atomic E-state index is 13.8. The Balaban J connectivity index is 1.96. The zero-order valence-corrected chi connectivity index (χ0v) is 11.6. The molecule has 0 atom stereocenters. The number of halogens is 3. The van der Waals surface area contributed by atoms with Gasteiger partial charge in [-0.3, -0.25) is 0 Å².